The van der Waals surface area contributed by atoms with Crippen molar-refractivity contribution in [2.45, 2.75) is 50.2 Å². The summed E-state index contributed by atoms with van der Waals surface area (Å²) in [6.45, 7) is 2.09. The summed E-state index contributed by atoms with van der Waals surface area (Å²) in [7, 11) is 2.35. The average Bonchev–Trinajstić information content (AvgIpc) is 3.16. The first kappa shape index (κ1) is 33.5. The van der Waals surface area contributed by atoms with Gasteiger partial charge < -0.3 is 14.5 Å². The predicted octanol–water partition coefficient (Wildman–Crippen LogP) is 5.49. The minimum Gasteiger partial charge on any atom is -0.433 e. The van der Waals surface area contributed by atoms with Gasteiger partial charge in [-0.15, -0.1) is 0 Å². The van der Waals surface area contributed by atoms with E-state index >= 15 is 0 Å². The molecule has 0 bridgehead atoms. The van der Waals surface area contributed by atoms with Gasteiger partial charge in [0, 0.05) is 44.8 Å². The van der Waals surface area contributed by atoms with E-state index in [-0.39, 0.29) is 25.6 Å². The highest BCUT2D eigenvalue weighted by Crippen LogP contribution is 2.39. The maximum absolute atomic E-state index is 13.8. The standard InChI is InChI=1S/C29H29F7N4O5/c1-27(2)24(42)40(26(44)45-27)15-23(41)39-10-9-22(21(14-39)16-5-7-19(30)8-6-16)38(4)25(43)37(3)20-12-17(28(31,32)33)11-18(13-20)29(34,35)36/h5-8,11-13,21-22H,9-10,14-15H2,1-4H3. The molecular formula is C29H29F7N4O5. The summed E-state index contributed by atoms with van der Waals surface area (Å²) in [5.74, 6) is -2.58. The molecule has 244 valence electrons. The summed E-state index contributed by atoms with van der Waals surface area (Å²) in [5, 5.41) is 0. The summed E-state index contributed by atoms with van der Waals surface area (Å²) in [6.07, 6.45) is -11.1. The lowest BCUT2D eigenvalue weighted by molar-refractivity contribution is -0.143. The number of ether oxygens (including phenoxy) is 1. The van der Waals surface area contributed by atoms with Crippen LogP contribution in [-0.4, -0.2) is 84.0 Å². The highest BCUT2D eigenvalue weighted by Gasteiger charge is 2.48. The highest BCUT2D eigenvalue weighted by atomic mass is 19.4. The van der Waals surface area contributed by atoms with Crippen LogP contribution in [0, 0.1) is 5.82 Å². The second kappa shape index (κ2) is 11.9. The molecule has 0 radical (unpaired) electrons. The predicted molar refractivity (Wildman–Crippen MR) is 144 cm³/mol. The summed E-state index contributed by atoms with van der Waals surface area (Å²) in [4.78, 5) is 55.3. The molecule has 2 aliphatic rings. The fraction of sp³-hybridized carbons (Fsp3) is 0.448. The molecule has 0 aromatic heterocycles. The molecule has 2 saturated heterocycles. The number of halogens is 7. The van der Waals surface area contributed by atoms with Crippen LogP contribution in [0.15, 0.2) is 42.5 Å². The Morgan fingerprint density at radius 2 is 1.51 bits per heavy atom. The Balaban J connectivity index is 1.60. The number of benzene rings is 2. The zero-order valence-electron chi connectivity index (χ0n) is 24.5. The third-order valence-corrected chi connectivity index (χ3v) is 7.89. The van der Waals surface area contributed by atoms with Crippen LogP contribution in [0.2, 0.25) is 0 Å². The second-order valence-corrected chi connectivity index (χ2v) is 11.3. The second-order valence-electron chi connectivity index (χ2n) is 11.3. The van der Waals surface area contributed by atoms with Gasteiger partial charge in [-0.3, -0.25) is 14.5 Å². The fourth-order valence-corrected chi connectivity index (χ4v) is 5.38. The summed E-state index contributed by atoms with van der Waals surface area (Å²) in [6, 6.07) is 4.31. The smallest absolute Gasteiger partial charge is 0.418 e. The van der Waals surface area contributed by atoms with E-state index in [1.54, 1.807) is 0 Å². The van der Waals surface area contributed by atoms with Crippen molar-refractivity contribution in [1.29, 1.82) is 0 Å². The molecule has 2 unspecified atom stereocenters. The summed E-state index contributed by atoms with van der Waals surface area (Å²) in [5.41, 5.74) is -4.79. The van der Waals surface area contributed by atoms with Crippen molar-refractivity contribution in [1.82, 2.24) is 14.7 Å². The minimum absolute atomic E-state index is 0.0186. The number of nitrogens with zero attached hydrogens (tertiary/aromatic N) is 4. The molecular weight excluding hydrogens is 617 g/mol. The van der Waals surface area contributed by atoms with Gasteiger partial charge in [0.25, 0.3) is 5.91 Å². The van der Waals surface area contributed by atoms with Crippen molar-refractivity contribution < 1.29 is 54.6 Å². The molecule has 0 spiro atoms. The van der Waals surface area contributed by atoms with Crippen molar-refractivity contribution in [2.24, 2.45) is 0 Å². The van der Waals surface area contributed by atoms with Crippen LogP contribution in [0.5, 0.6) is 0 Å². The third kappa shape index (κ3) is 6.99. The number of carbonyl (C=O) groups is 4. The molecule has 2 aromatic carbocycles. The number of piperidine rings is 1. The van der Waals surface area contributed by atoms with Crippen LogP contribution < -0.4 is 4.90 Å². The van der Waals surface area contributed by atoms with Crippen LogP contribution in [0.4, 0.5) is 46.0 Å². The van der Waals surface area contributed by atoms with E-state index in [0.29, 0.717) is 27.5 Å². The lowest BCUT2D eigenvalue weighted by atomic mass is 9.85. The number of rotatable bonds is 5. The molecule has 2 heterocycles. The van der Waals surface area contributed by atoms with Crippen molar-refractivity contribution >= 4 is 29.6 Å². The average molecular weight is 647 g/mol. The van der Waals surface area contributed by atoms with Crippen molar-refractivity contribution in [3.05, 3.63) is 65.0 Å². The van der Waals surface area contributed by atoms with Gasteiger partial charge in [-0.25, -0.2) is 18.9 Å². The number of alkyl halides is 6. The Labute approximate surface area is 253 Å². The molecule has 4 rings (SSSR count). The first-order chi connectivity index (χ1) is 20.7. The van der Waals surface area contributed by atoms with E-state index in [2.05, 4.69) is 0 Å². The SMILES string of the molecule is CN(C(=O)N(C)C1CCN(C(=O)CN2C(=O)OC(C)(C)C2=O)CC1c1ccc(F)cc1)c1cc(C(F)(F)F)cc(C(F)(F)F)c1. The Bertz CT molecular complexity index is 1460. The van der Waals surface area contributed by atoms with Gasteiger partial charge in [0.15, 0.2) is 5.60 Å². The largest absolute Gasteiger partial charge is 0.433 e. The van der Waals surface area contributed by atoms with Gasteiger partial charge in [0.05, 0.1) is 11.1 Å². The fourth-order valence-electron chi connectivity index (χ4n) is 5.38. The molecule has 16 heteroatoms. The van der Waals surface area contributed by atoms with Gasteiger partial charge in [0.1, 0.15) is 12.4 Å². The molecule has 0 N–H and O–H groups in total. The molecule has 0 saturated carbocycles. The first-order valence-electron chi connectivity index (χ1n) is 13.6. The number of cyclic esters (lactones) is 1. The normalized spacial score (nSPS) is 20.2. The third-order valence-electron chi connectivity index (χ3n) is 7.89. The molecule has 2 fully saturated rings. The zero-order chi connectivity index (χ0) is 33.6. The van der Waals surface area contributed by atoms with E-state index in [0.717, 1.165) is 24.1 Å². The number of imide groups is 1. The van der Waals surface area contributed by atoms with Crippen molar-refractivity contribution in [2.75, 3.05) is 38.6 Å². The van der Waals surface area contributed by atoms with E-state index < -0.39 is 83.0 Å². The topological polar surface area (TPSA) is 90.5 Å². The lowest BCUT2D eigenvalue weighted by Crippen LogP contribution is -2.55. The summed E-state index contributed by atoms with van der Waals surface area (Å²) >= 11 is 0. The zero-order valence-corrected chi connectivity index (χ0v) is 24.5. The van der Waals surface area contributed by atoms with Gasteiger partial charge in [-0.2, -0.15) is 26.3 Å². The van der Waals surface area contributed by atoms with Crippen molar-refractivity contribution in [3.8, 4) is 0 Å². The van der Waals surface area contributed by atoms with Crippen LogP contribution >= 0.6 is 0 Å². The van der Waals surface area contributed by atoms with Gasteiger partial charge >= 0.3 is 24.5 Å². The lowest BCUT2D eigenvalue weighted by Gasteiger charge is -2.44. The highest BCUT2D eigenvalue weighted by molar-refractivity contribution is 6.04. The maximum Gasteiger partial charge on any atom is 0.418 e. The number of anilines is 1. The summed E-state index contributed by atoms with van der Waals surface area (Å²) < 4.78 is 99.4. The minimum atomic E-state index is -5.12. The number of likely N-dealkylation sites (N-methyl/N-ethyl adjacent to an activating group) is 1. The van der Waals surface area contributed by atoms with Crippen LogP contribution in [0.3, 0.4) is 0 Å². The van der Waals surface area contributed by atoms with Gasteiger partial charge in [-0.1, -0.05) is 12.1 Å². The number of likely N-dealkylation sites (tertiary alicyclic amines) is 1. The number of amides is 5. The van der Waals surface area contributed by atoms with E-state index in [1.807, 2.05) is 0 Å². The molecule has 0 aliphatic carbocycles. The van der Waals surface area contributed by atoms with Gasteiger partial charge in [0.2, 0.25) is 5.91 Å². The number of carbonyl (C=O) groups excluding carboxylic acids is 4. The molecule has 9 nitrogen and oxygen atoms in total. The Hall–Kier alpha value is -4.37. The molecule has 2 aromatic rings. The molecule has 45 heavy (non-hydrogen) atoms. The van der Waals surface area contributed by atoms with E-state index in [1.165, 1.54) is 37.9 Å². The Morgan fingerprint density at radius 1 is 0.956 bits per heavy atom. The molecule has 2 aliphatic heterocycles. The Kier molecular flexibility index (Phi) is 8.83. The molecule has 2 atom stereocenters. The molecule has 5 amide bonds. The Morgan fingerprint density at radius 3 is 2.00 bits per heavy atom. The quantitative estimate of drug-likeness (QED) is 0.401. The first-order valence-corrected chi connectivity index (χ1v) is 13.6. The monoisotopic (exact) mass is 646 g/mol. The van der Waals surface area contributed by atoms with Crippen molar-refractivity contribution in [3.63, 3.8) is 0 Å². The van der Waals surface area contributed by atoms with E-state index in [9.17, 15) is 49.9 Å². The van der Waals surface area contributed by atoms with E-state index in [4.69, 9.17) is 4.74 Å². The van der Waals surface area contributed by atoms with Crippen LogP contribution in [0.25, 0.3) is 0 Å². The number of hydrogen-bond donors (Lipinski definition) is 0. The number of hydrogen-bond acceptors (Lipinski definition) is 5. The maximum atomic E-state index is 13.8. The van der Waals surface area contributed by atoms with Crippen LogP contribution in [-0.2, 0) is 26.7 Å². The number of urea groups is 1. The van der Waals surface area contributed by atoms with Crippen LogP contribution in [0.1, 0.15) is 42.9 Å². The van der Waals surface area contributed by atoms with Gasteiger partial charge in [-0.05, 0) is 56.2 Å².